The van der Waals surface area contributed by atoms with Gasteiger partial charge < -0.3 is 10.1 Å². The predicted molar refractivity (Wildman–Crippen MR) is 121 cm³/mol. The summed E-state index contributed by atoms with van der Waals surface area (Å²) in [5, 5.41) is 10.2. The fourth-order valence-electron chi connectivity index (χ4n) is 4.22. The van der Waals surface area contributed by atoms with Gasteiger partial charge in [0.2, 0.25) is 5.91 Å². The number of anilines is 1. The first-order valence-electron chi connectivity index (χ1n) is 10.9. The molecule has 1 aliphatic rings. The van der Waals surface area contributed by atoms with Crippen molar-refractivity contribution in [2.24, 2.45) is 0 Å². The van der Waals surface area contributed by atoms with E-state index in [1.54, 1.807) is 14.0 Å². The van der Waals surface area contributed by atoms with Crippen LogP contribution in [0.25, 0.3) is 0 Å². The molecule has 1 N–H and O–H groups in total. The monoisotopic (exact) mass is 435 g/mol. The Morgan fingerprint density at radius 3 is 2.72 bits per heavy atom. The Morgan fingerprint density at radius 2 is 2.00 bits per heavy atom. The molecule has 1 amide bonds. The zero-order chi connectivity index (χ0) is 22.5. The molecule has 32 heavy (non-hydrogen) atoms. The average molecular weight is 436 g/mol. The van der Waals surface area contributed by atoms with E-state index in [4.69, 9.17) is 9.72 Å². The van der Waals surface area contributed by atoms with Crippen molar-refractivity contribution in [3.63, 3.8) is 0 Å². The second-order valence-electron chi connectivity index (χ2n) is 8.39. The molecule has 0 bridgehead atoms. The van der Waals surface area contributed by atoms with Gasteiger partial charge in [0, 0.05) is 23.9 Å². The lowest BCUT2D eigenvalue weighted by atomic mass is 9.92. The second-order valence-corrected chi connectivity index (χ2v) is 8.39. The van der Waals surface area contributed by atoms with Crippen molar-refractivity contribution in [3.8, 4) is 5.75 Å². The maximum Gasteiger partial charge on any atom is 0.239 e. The maximum absolute atomic E-state index is 12.4. The Labute approximate surface area is 187 Å². The van der Waals surface area contributed by atoms with Gasteiger partial charge in [-0.1, -0.05) is 17.3 Å². The molecule has 3 aromatic rings. The summed E-state index contributed by atoms with van der Waals surface area (Å²) in [6.45, 7) is 5.80. The van der Waals surface area contributed by atoms with Crippen molar-refractivity contribution < 1.29 is 14.2 Å². The number of aromatic nitrogens is 3. The van der Waals surface area contributed by atoms with E-state index >= 15 is 0 Å². The molecule has 3 heterocycles. The van der Waals surface area contributed by atoms with Crippen LogP contribution in [0.4, 0.5) is 5.82 Å². The van der Waals surface area contributed by atoms with Crippen molar-refractivity contribution in [3.05, 3.63) is 64.6 Å². The van der Waals surface area contributed by atoms with E-state index in [1.807, 2.05) is 19.1 Å². The summed E-state index contributed by atoms with van der Waals surface area (Å²) in [6.07, 6.45) is 2.96. The van der Waals surface area contributed by atoms with Crippen LogP contribution in [0.15, 0.2) is 41.0 Å². The number of pyridine rings is 1. The third-order valence-corrected chi connectivity index (χ3v) is 5.80. The van der Waals surface area contributed by atoms with E-state index < -0.39 is 0 Å². The first-order valence-corrected chi connectivity index (χ1v) is 10.9. The Bertz CT molecular complexity index is 1060. The number of nitrogens with one attached hydrogen (secondary N) is 1. The zero-order valence-electron chi connectivity index (χ0n) is 18.8. The molecule has 4 rings (SSSR count). The van der Waals surface area contributed by atoms with Gasteiger partial charge in [0.05, 0.1) is 13.7 Å². The molecule has 2 aromatic heterocycles. The zero-order valence-corrected chi connectivity index (χ0v) is 18.8. The number of piperidine rings is 1. The Balaban J connectivity index is 1.41. The number of ether oxygens (including phenoxy) is 1. The van der Waals surface area contributed by atoms with E-state index in [-0.39, 0.29) is 5.91 Å². The number of methoxy groups -OCH3 is 1. The summed E-state index contributed by atoms with van der Waals surface area (Å²) in [5.74, 6) is 1.44. The molecule has 1 saturated heterocycles. The van der Waals surface area contributed by atoms with Crippen LogP contribution in [-0.2, 0) is 11.2 Å². The third kappa shape index (κ3) is 5.50. The van der Waals surface area contributed by atoms with E-state index in [2.05, 4.69) is 49.4 Å². The molecule has 0 spiro atoms. The highest BCUT2D eigenvalue weighted by molar-refractivity contribution is 5.91. The lowest BCUT2D eigenvalue weighted by molar-refractivity contribution is -0.117. The first-order chi connectivity index (χ1) is 15.5. The molecule has 0 radical (unpaired) electrons. The molecular weight excluding hydrogens is 406 g/mol. The van der Waals surface area contributed by atoms with E-state index in [1.165, 1.54) is 11.1 Å². The van der Waals surface area contributed by atoms with Crippen LogP contribution >= 0.6 is 0 Å². The molecular formula is C24H29N5O3. The minimum absolute atomic E-state index is 0.109. The molecule has 0 aliphatic carbocycles. The average Bonchev–Trinajstić information content (AvgIpc) is 3.18. The van der Waals surface area contributed by atoms with E-state index in [0.29, 0.717) is 24.0 Å². The molecule has 0 unspecified atom stereocenters. The number of nitrogens with zero attached hydrogens (tertiary/aromatic N) is 4. The largest absolute Gasteiger partial charge is 0.497 e. The van der Waals surface area contributed by atoms with Crippen LogP contribution in [0.3, 0.4) is 0 Å². The summed E-state index contributed by atoms with van der Waals surface area (Å²) >= 11 is 0. The molecule has 0 saturated carbocycles. The summed E-state index contributed by atoms with van der Waals surface area (Å²) in [4.78, 5) is 19.5. The van der Waals surface area contributed by atoms with Crippen LogP contribution in [0.5, 0.6) is 5.75 Å². The molecule has 8 heteroatoms. The molecule has 168 valence electrons. The van der Waals surface area contributed by atoms with Gasteiger partial charge >= 0.3 is 0 Å². The number of carbonyl (C=O) groups excluding carboxylic acids is 1. The first kappa shape index (κ1) is 22.0. The standard InChI is InChI=1S/C24H29N5O3/c1-16-11-19(12-18-6-8-21(31-3)9-7-18)13-22(25-16)20-5-4-10-29(14-20)15-23(30)26-24-17(2)27-32-28-24/h6-9,11,13,20H,4-5,10,12,14-15H2,1-3H3,(H,26,28,30)/t20-/m0/s1. The SMILES string of the molecule is COc1ccc(Cc2cc(C)nc([C@H]3CCCN(CC(=O)Nc4nonc4C)C3)c2)cc1. The minimum atomic E-state index is -0.109. The van der Waals surface area contributed by atoms with Gasteiger partial charge in [0.25, 0.3) is 0 Å². The smallest absolute Gasteiger partial charge is 0.239 e. The van der Waals surface area contributed by atoms with Gasteiger partial charge in [0.1, 0.15) is 11.4 Å². The third-order valence-electron chi connectivity index (χ3n) is 5.80. The van der Waals surface area contributed by atoms with Gasteiger partial charge in [-0.2, -0.15) is 0 Å². The Kier molecular flexibility index (Phi) is 6.80. The topological polar surface area (TPSA) is 93.4 Å². The highest BCUT2D eigenvalue weighted by Crippen LogP contribution is 2.27. The number of hydrogen-bond acceptors (Lipinski definition) is 7. The van der Waals surface area contributed by atoms with Crippen molar-refractivity contribution in [2.75, 3.05) is 32.1 Å². The van der Waals surface area contributed by atoms with Gasteiger partial charge in [-0.05, 0) is 80.2 Å². The molecule has 8 nitrogen and oxygen atoms in total. The summed E-state index contributed by atoms with van der Waals surface area (Å²) in [5.41, 5.74) is 5.19. The number of likely N-dealkylation sites (tertiary alicyclic amines) is 1. The van der Waals surface area contributed by atoms with Crippen LogP contribution in [0, 0.1) is 13.8 Å². The van der Waals surface area contributed by atoms with Crippen LogP contribution in [-0.4, -0.2) is 52.8 Å². The lowest BCUT2D eigenvalue weighted by Crippen LogP contribution is -2.40. The Morgan fingerprint density at radius 1 is 1.19 bits per heavy atom. The number of benzene rings is 1. The number of amides is 1. The molecule has 1 atom stereocenters. The number of rotatable bonds is 7. The second kappa shape index (κ2) is 9.91. The highest BCUT2D eigenvalue weighted by atomic mass is 16.6. The summed E-state index contributed by atoms with van der Waals surface area (Å²) in [7, 11) is 1.68. The van der Waals surface area contributed by atoms with Crippen LogP contribution in [0.2, 0.25) is 0 Å². The molecule has 1 aromatic carbocycles. The van der Waals surface area contributed by atoms with Crippen molar-refractivity contribution in [2.45, 2.75) is 39.0 Å². The number of carbonyl (C=O) groups is 1. The van der Waals surface area contributed by atoms with Gasteiger partial charge in [0.15, 0.2) is 5.82 Å². The van der Waals surface area contributed by atoms with Gasteiger partial charge in [-0.25, -0.2) is 4.63 Å². The molecule has 1 aliphatic heterocycles. The quantitative estimate of drug-likeness (QED) is 0.607. The fourth-order valence-corrected chi connectivity index (χ4v) is 4.22. The number of aryl methyl sites for hydroxylation is 2. The predicted octanol–water partition coefficient (Wildman–Crippen LogP) is 3.50. The lowest BCUT2D eigenvalue weighted by Gasteiger charge is -2.32. The Hall–Kier alpha value is -3.26. The fraction of sp³-hybridized carbons (Fsp3) is 0.417. The number of hydrogen-bond donors (Lipinski definition) is 1. The van der Waals surface area contributed by atoms with E-state index in [0.717, 1.165) is 49.5 Å². The normalized spacial score (nSPS) is 16.7. The van der Waals surface area contributed by atoms with Gasteiger partial charge in [-0.15, -0.1) is 0 Å². The van der Waals surface area contributed by atoms with Crippen LogP contribution < -0.4 is 10.1 Å². The van der Waals surface area contributed by atoms with Gasteiger partial charge in [-0.3, -0.25) is 14.7 Å². The summed E-state index contributed by atoms with van der Waals surface area (Å²) < 4.78 is 9.90. The van der Waals surface area contributed by atoms with Crippen molar-refractivity contribution in [1.82, 2.24) is 20.2 Å². The van der Waals surface area contributed by atoms with Crippen molar-refractivity contribution in [1.29, 1.82) is 0 Å². The van der Waals surface area contributed by atoms with Crippen LogP contribution in [0.1, 0.15) is 47.0 Å². The molecule has 1 fully saturated rings. The summed E-state index contributed by atoms with van der Waals surface area (Å²) in [6, 6.07) is 12.5. The van der Waals surface area contributed by atoms with E-state index in [9.17, 15) is 4.79 Å². The van der Waals surface area contributed by atoms with Crippen molar-refractivity contribution >= 4 is 11.7 Å². The maximum atomic E-state index is 12.4. The highest BCUT2D eigenvalue weighted by Gasteiger charge is 2.25. The minimum Gasteiger partial charge on any atom is -0.497 e.